The summed E-state index contributed by atoms with van der Waals surface area (Å²) < 4.78 is 1.71. The lowest BCUT2D eigenvalue weighted by atomic mass is 10.2. The van der Waals surface area contributed by atoms with Crippen LogP contribution in [0.4, 0.5) is 0 Å². The highest BCUT2D eigenvalue weighted by molar-refractivity contribution is 8.00. The normalized spacial score (nSPS) is 11.6. The zero-order valence-corrected chi connectivity index (χ0v) is 13.9. The molecule has 7 heteroatoms. The SMILES string of the molecule is CC(C)N(C(=O)CSc1ncnc2c1cnn2C)C(C)C. The molecule has 0 atom stereocenters. The minimum absolute atomic E-state index is 0.126. The Labute approximate surface area is 128 Å². The number of fused-ring (bicyclic) bond motifs is 1. The fraction of sp³-hybridized carbons (Fsp3) is 0.571. The van der Waals surface area contributed by atoms with Gasteiger partial charge in [-0.15, -0.1) is 0 Å². The Balaban J connectivity index is 2.13. The molecule has 6 nitrogen and oxygen atoms in total. The monoisotopic (exact) mass is 307 g/mol. The molecule has 0 spiro atoms. The second-order valence-electron chi connectivity index (χ2n) is 5.46. The number of aryl methyl sites for hydroxylation is 1. The molecule has 0 aliphatic rings. The van der Waals surface area contributed by atoms with Crippen LogP contribution < -0.4 is 0 Å². The standard InChI is InChI=1S/C14H21N5OS/c1-9(2)19(10(3)4)12(20)7-21-14-11-6-17-18(5)13(11)15-8-16-14/h6,8-10H,7H2,1-5H3. The predicted octanol–water partition coefficient (Wildman–Crippen LogP) is 2.10. The van der Waals surface area contributed by atoms with Gasteiger partial charge in [-0.05, 0) is 27.7 Å². The lowest BCUT2D eigenvalue weighted by molar-refractivity contribution is -0.131. The van der Waals surface area contributed by atoms with Gasteiger partial charge in [0.05, 0.1) is 17.3 Å². The van der Waals surface area contributed by atoms with Gasteiger partial charge in [0.15, 0.2) is 5.65 Å². The van der Waals surface area contributed by atoms with Crippen molar-refractivity contribution in [3.63, 3.8) is 0 Å². The molecule has 0 radical (unpaired) electrons. The summed E-state index contributed by atoms with van der Waals surface area (Å²) in [4.78, 5) is 22.7. The summed E-state index contributed by atoms with van der Waals surface area (Å²) in [5.74, 6) is 0.498. The lowest BCUT2D eigenvalue weighted by Gasteiger charge is -2.30. The van der Waals surface area contributed by atoms with E-state index in [-0.39, 0.29) is 18.0 Å². The first kappa shape index (κ1) is 15.8. The summed E-state index contributed by atoms with van der Waals surface area (Å²) >= 11 is 1.44. The van der Waals surface area contributed by atoms with E-state index in [1.807, 2.05) is 39.6 Å². The zero-order chi connectivity index (χ0) is 15.6. The molecule has 2 rings (SSSR count). The van der Waals surface area contributed by atoms with E-state index >= 15 is 0 Å². The molecule has 0 fully saturated rings. The number of rotatable bonds is 5. The van der Waals surface area contributed by atoms with Crippen LogP contribution in [-0.2, 0) is 11.8 Å². The van der Waals surface area contributed by atoms with E-state index in [4.69, 9.17) is 0 Å². The van der Waals surface area contributed by atoms with Crippen LogP contribution in [-0.4, -0.2) is 48.4 Å². The summed E-state index contributed by atoms with van der Waals surface area (Å²) in [7, 11) is 1.84. The molecular formula is C14H21N5OS. The van der Waals surface area contributed by atoms with Gasteiger partial charge in [0.2, 0.25) is 5.91 Å². The van der Waals surface area contributed by atoms with Crippen molar-refractivity contribution in [2.45, 2.75) is 44.8 Å². The van der Waals surface area contributed by atoms with Gasteiger partial charge >= 0.3 is 0 Å². The maximum absolute atomic E-state index is 12.4. The van der Waals surface area contributed by atoms with Crippen LogP contribution in [0.1, 0.15) is 27.7 Å². The van der Waals surface area contributed by atoms with Crippen molar-refractivity contribution in [3.05, 3.63) is 12.5 Å². The molecule has 2 aromatic heterocycles. The minimum Gasteiger partial charge on any atom is -0.337 e. The van der Waals surface area contributed by atoms with Crippen molar-refractivity contribution in [2.75, 3.05) is 5.75 Å². The largest absolute Gasteiger partial charge is 0.337 e. The van der Waals surface area contributed by atoms with E-state index in [1.165, 1.54) is 18.1 Å². The van der Waals surface area contributed by atoms with Crippen LogP contribution >= 0.6 is 11.8 Å². The number of carbonyl (C=O) groups excluding carboxylic acids is 1. The highest BCUT2D eigenvalue weighted by atomic mass is 32.2. The first-order valence-electron chi connectivity index (χ1n) is 6.98. The van der Waals surface area contributed by atoms with E-state index in [9.17, 15) is 4.79 Å². The van der Waals surface area contributed by atoms with Crippen LogP contribution in [0.3, 0.4) is 0 Å². The fourth-order valence-corrected chi connectivity index (χ4v) is 3.26. The molecule has 21 heavy (non-hydrogen) atoms. The van der Waals surface area contributed by atoms with Gasteiger partial charge in [-0.3, -0.25) is 9.48 Å². The zero-order valence-electron chi connectivity index (χ0n) is 13.1. The Kier molecular flexibility index (Phi) is 4.82. The second kappa shape index (κ2) is 6.43. The molecule has 0 aliphatic heterocycles. The minimum atomic E-state index is 0.126. The molecule has 114 valence electrons. The van der Waals surface area contributed by atoms with Gasteiger partial charge in [0, 0.05) is 19.1 Å². The number of thioether (sulfide) groups is 1. The summed E-state index contributed by atoms with van der Waals surface area (Å²) in [5, 5.41) is 5.87. The van der Waals surface area contributed by atoms with Crippen LogP contribution in [0.5, 0.6) is 0 Å². The molecule has 0 saturated carbocycles. The molecule has 2 aromatic rings. The maximum Gasteiger partial charge on any atom is 0.233 e. The van der Waals surface area contributed by atoms with Crippen molar-refractivity contribution in [3.8, 4) is 0 Å². The van der Waals surface area contributed by atoms with Crippen molar-refractivity contribution >= 4 is 28.7 Å². The summed E-state index contributed by atoms with van der Waals surface area (Å²) in [6, 6.07) is 0.392. The van der Waals surface area contributed by atoms with Crippen molar-refractivity contribution in [2.24, 2.45) is 7.05 Å². The van der Waals surface area contributed by atoms with E-state index in [0.29, 0.717) is 5.75 Å². The highest BCUT2D eigenvalue weighted by Gasteiger charge is 2.20. The average molecular weight is 307 g/mol. The van der Waals surface area contributed by atoms with Crippen molar-refractivity contribution in [1.82, 2.24) is 24.6 Å². The van der Waals surface area contributed by atoms with Crippen LogP contribution in [0.25, 0.3) is 11.0 Å². The molecular weight excluding hydrogens is 286 g/mol. The molecule has 2 heterocycles. The Morgan fingerprint density at radius 2 is 1.95 bits per heavy atom. The van der Waals surface area contributed by atoms with Gasteiger partial charge in [0.25, 0.3) is 0 Å². The fourth-order valence-electron chi connectivity index (χ4n) is 2.43. The predicted molar refractivity (Wildman–Crippen MR) is 84.1 cm³/mol. The third kappa shape index (κ3) is 3.34. The van der Waals surface area contributed by atoms with Gasteiger partial charge in [-0.2, -0.15) is 5.10 Å². The summed E-state index contributed by atoms with van der Waals surface area (Å²) in [6.07, 6.45) is 3.25. The molecule has 0 aliphatic carbocycles. The van der Waals surface area contributed by atoms with E-state index in [0.717, 1.165) is 16.1 Å². The molecule has 0 bridgehead atoms. The van der Waals surface area contributed by atoms with Gasteiger partial charge in [-0.1, -0.05) is 11.8 Å². The van der Waals surface area contributed by atoms with Crippen LogP contribution in [0.15, 0.2) is 17.6 Å². The van der Waals surface area contributed by atoms with Crippen molar-refractivity contribution in [1.29, 1.82) is 0 Å². The second-order valence-corrected chi connectivity index (χ2v) is 6.43. The molecule has 0 N–H and O–H groups in total. The lowest BCUT2D eigenvalue weighted by Crippen LogP contribution is -2.43. The first-order valence-corrected chi connectivity index (χ1v) is 7.97. The quantitative estimate of drug-likeness (QED) is 0.625. The molecule has 0 saturated heterocycles. The Hall–Kier alpha value is -1.63. The number of carbonyl (C=O) groups is 1. The van der Waals surface area contributed by atoms with Gasteiger partial charge in [0.1, 0.15) is 11.4 Å². The Bertz CT molecular complexity index is 629. The Morgan fingerprint density at radius 1 is 1.29 bits per heavy atom. The van der Waals surface area contributed by atoms with Gasteiger partial charge < -0.3 is 4.90 Å². The summed E-state index contributed by atoms with van der Waals surface area (Å²) in [6.45, 7) is 8.14. The van der Waals surface area contributed by atoms with E-state index < -0.39 is 0 Å². The maximum atomic E-state index is 12.4. The number of aromatic nitrogens is 4. The summed E-state index contributed by atoms with van der Waals surface area (Å²) in [5.41, 5.74) is 0.782. The number of amides is 1. The topological polar surface area (TPSA) is 63.9 Å². The molecule has 0 aromatic carbocycles. The third-order valence-corrected chi connectivity index (χ3v) is 4.22. The first-order chi connectivity index (χ1) is 9.91. The van der Waals surface area contributed by atoms with Crippen LogP contribution in [0, 0.1) is 0 Å². The van der Waals surface area contributed by atoms with Crippen LogP contribution in [0.2, 0.25) is 0 Å². The number of hydrogen-bond acceptors (Lipinski definition) is 5. The highest BCUT2D eigenvalue weighted by Crippen LogP contribution is 2.24. The molecule has 1 amide bonds. The number of nitrogens with zero attached hydrogens (tertiary/aromatic N) is 5. The Morgan fingerprint density at radius 3 is 2.57 bits per heavy atom. The number of hydrogen-bond donors (Lipinski definition) is 0. The average Bonchev–Trinajstić information content (AvgIpc) is 2.78. The third-order valence-electron chi connectivity index (χ3n) is 3.23. The van der Waals surface area contributed by atoms with E-state index in [1.54, 1.807) is 10.9 Å². The van der Waals surface area contributed by atoms with Crippen molar-refractivity contribution < 1.29 is 4.79 Å². The smallest absolute Gasteiger partial charge is 0.233 e. The van der Waals surface area contributed by atoms with E-state index in [2.05, 4.69) is 15.1 Å². The van der Waals surface area contributed by atoms with Gasteiger partial charge in [-0.25, -0.2) is 9.97 Å². The molecule has 0 unspecified atom stereocenters.